The third-order valence-corrected chi connectivity index (χ3v) is 3.55. The zero-order chi connectivity index (χ0) is 11.2. The van der Waals surface area contributed by atoms with Crippen LogP contribution in [0.25, 0.3) is 0 Å². The Balaban J connectivity index is 2.63. The first kappa shape index (κ1) is 10.5. The molecule has 1 heterocycles. The van der Waals surface area contributed by atoms with Crippen LogP contribution in [0.1, 0.15) is 19.4 Å². The molecule has 0 aliphatic carbocycles. The number of rotatable bonds is 1. The van der Waals surface area contributed by atoms with E-state index in [-0.39, 0.29) is 11.5 Å². The Bertz CT molecular complexity index is 414. The van der Waals surface area contributed by atoms with E-state index in [0.717, 1.165) is 22.6 Å². The van der Waals surface area contributed by atoms with E-state index in [0.29, 0.717) is 0 Å². The Morgan fingerprint density at radius 3 is 2.73 bits per heavy atom. The van der Waals surface area contributed by atoms with Crippen molar-refractivity contribution in [2.45, 2.75) is 25.3 Å². The highest BCUT2D eigenvalue weighted by molar-refractivity contribution is 6.30. The van der Waals surface area contributed by atoms with Crippen molar-refractivity contribution in [1.82, 2.24) is 0 Å². The standard InChI is InChI=1S/C12H14ClNO/c1-12(2)9-6-8(13)4-5-10(9)14(3)11(12)7-15/h4-7,11H,1-3H3. The first-order valence-electron chi connectivity index (χ1n) is 4.96. The van der Waals surface area contributed by atoms with Gasteiger partial charge in [0, 0.05) is 23.2 Å². The largest absolute Gasteiger partial charge is 0.364 e. The summed E-state index contributed by atoms with van der Waals surface area (Å²) in [5.41, 5.74) is 2.08. The molecular formula is C12H14ClNO. The van der Waals surface area contributed by atoms with Gasteiger partial charge in [0.2, 0.25) is 0 Å². The van der Waals surface area contributed by atoms with E-state index >= 15 is 0 Å². The van der Waals surface area contributed by atoms with Gasteiger partial charge in [0.1, 0.15) is 6.29 Å². The third-order valence-electron chi connectivity index (χ3n) is 3.32. The van der Waals surface area contributed by atoms with Crippen LogP contribution in [-0.2, 0) is 10.2 Å². The van der Waals surface area contributed by atoms with Crippen LogP contribution in [0.4, 0.5) is 5.69 Å². The minimum Gasteiger partial charge on any atom is -0.364 e. The van der Waals surface area contributed by atoms with Gasteiger partial charge in [-0.15, -0.1) is 0 Å². The van der Waals surface area contributed by atoms with Crippen LogP contribution in [-0.4, -0.2) is 19.4 Å². The number of carbonyl (C=O) groups excluding carboxylic acids is 1. The zero-order valence-corrected chi connectivity index (χ0v) is 9.88. The second kappa shape index (κ2) is 3.24. The highest BCUT2D eigenvalue weighted by Crippen LogP contribution is 2.44. The van der Waals surface area contributed by atoms with E-state index in [1.807, 2.05) is 30.1 Å². The summed E-state index contributed by atoms with van der Waals surface area (Å²) in [6, 6.07) is 5.69. The molecule has 0 fully saturated rings. The SMILES string of the molecule is CN1c2ccc(Cl)cc2C(C)(C)C1C=O. The topological polar surface area (TPSA) is 20.3 Å². The molecule has 0 radical (unpaired) electrons. The van der Waals surface area contributed by atoms with Crippen LogP contribution in [0, 0.1) is 0 Å². The molecule has 1 aliphatic heterocycles. The summed E-state index contributed by atoms with van der Waals surface area (Å²) in [5.74, 6) is 0. The number of halogens is 1. The number of benzene rings is 1. The Morgan fingerprint density at radius 1 is 1.47 bits per heavy atom. The van der Waals surface area contributed by atoms with Crippen molar-refractivity contribution < 1.29 is 4.79 Å². The smallest absolute Gasteiger partial charge is 0.143 e. The molecule has 1 aromatic rings. The number of likely N-dealkylation sites (N-methyl/N-ethyl adjacent to an activating group) is 1. The van der Waals surface area contributed by atoms with Crippen molar-refractivity contribution >= 4 is 23.6 Å². The van der Waals surface area contributed by atoms with Crippen molar-refractivity contribution in [3.05, 3.63) is 28.8 Å². The summed E-state index contributed by atoms with van der Waals surface area (Å²) < 4.78 is 0. The molecule has 2 rings (SSSR count). The lowest BCUT2D eigenvalue weighted by Crippen LogP contribution is -2.40. The first-order chi connectivity index (χ1) is 6.98. The molecule has 0 spiro atoms. The average molecular weight is 224 g/mol. The van der Waals surface area contributed by atoms with Gasteiger partial charge < -0.3 is 9.69 Å². The molecule has 1 aliphatic rings. The lowest BCUT2D eigenvalue weighted by molar-refractivity contribution is -0.109. The number of hydrogen-bond donors (Lipinski definition) is 0. The molecule has 1 unspecified atom stereocenters. The van der Waals surface area contributed by atoms with Gasteiger partial charge >= 0.3 is 0 Å². The van der Waals surface area contributed by atoms with Gasteiger partial charge in [-0.1, -0.05) is 25.4 Å². The molecule has 0 aromatic heterocycles. The molecule has 0 bridgehead atoms. The molecule has 0 saturated heterocycles. The molecule has 1 aromatic carbocycles. The van der Waals surface area contributed by atoms with Crippen LogP contribution >= 0.6 is 11.6 Å². The molecule has 0 amide bonds. The van der Waals surface area contributed by atoms with Crippen molar-refractivity contribution in [2.24, 2.45) is 0 Å². The minimum absolute atomic E-state index is 0.106. The van der Waals surface area contributed by atoms with Crippen molar-refractivity contribution in [3.8, 4) is 0 Å². The Labute approximate surface area is 94.8 Å². The lowest BCUT2D eigenvalue weighted by Gasteiger charge is -2.27. The van der Waals surface area contributed by atoms with Gasteiger partial charge in [-0.2, -0.15) is 0 Å². The highest BCUT2D eigenvalue weighted by Gasteiger charge is 2.42. The van der Waals surface area contributed by atoms with Crippen molar-refractivity contribution in [3.63, 3.8) is 0 Å². The molecule has 0 saturated carbocycles. The summed E-state index contributed by atoms with van der Waals surface area (Å²) >= 11 is 5.98. The fraction of sp³-hybridized carbons (Fsp3) is 0.417. The van der Waals surface area contributed by atoms with E-state index in [4.69, 9.17) is 11.6 Å². The van der Waals surface area contributed by atoms with Crippen LogP contribution in [0.2, 0.25) is 5.02 Å². The maximum absolute atomic E-state index is 11.1. The molecular weight excluding hydrogens is 210 g/mol. The number of nitrogens with zero attached hydrogens (tertiary/aromatic N) is 1. The van der Waals surface area contributed by atoms with Crippen LogP contribution in [0.15, 0.2) is 18.2 Å². The number of anilines is 1. The Hall–Kier alpha value is -1.02. The Kier molecular flexibility index (Phi) is 2.27. The van der Waals surface area contributed by atoms with Gasteiger partial charge in [-0.05, 0) is 23.8 Å². The van der Waals surface area contributed by atoms with Gasteiger partial charge in [-0.25, -0.2) is 0 Å². The summed E-state index contributed by atoms with van der Waals surface area (Å²) in [5, 5.41) is 0.724. The Morgan fingerprint density at radius 2 is 2.13 bits per heavy atom. The summed E-state index contributed by atoms with van der Waals surface area (Å²) in [7, 11) is 1.94. The van der Waals surface area contributed by atoms with Gasteiger partial charge in [0.15, 0.2) is 0 Å². The number of hydrogen-bond acceptors (Lipinski definition) is 2. The van der Waals surface area contributed by atoms with Crippen molar-refractivity contribution in [1.29, 1.82) is 0 Å². The normalized spacial score (nSPS) is 22.7. The van der Waals surface area contributed by atoms with Crippen molar-refractivity contribution in [2.75, 3.05) is 11.9 Å². The fourth-order valence-corrected chi connectivity index (χ4v) is 2.56. The van der Waals surface area contributed by atoms with Gasteiger partial charge in [0.05, 0.1) is 6.04 Å². The fourth-order valence-electron chi connectivity index (χ4n) is 2.39. The quantitative estimate of drug-likeness (QED) is 0.683. The summed E-state index contributed by atoms with van der Waals surface area (Å²) in [4.78, 5) is 13.1. The first-order valence-corrected chi connectivity index (χ1v) is 5.34. The monoisotopic (exact) mass is 223 g/mol. The predicted molar refractivity (Wildman–Crippen MR) is 62.7 cm³/mol. The van der Waals surface area contributed by atoms with Crippen LogP contribution in [0.5, 0.6) is 0 Å². The predicted octanol–water partition coefficient (Wildman–Crippen LogP) is 2.63. The molecule has 80 valence electrons. The summed E-state index contributed by atoms with van der Waals surface area (Å²) in [6.45, 7) is 4.15. The molecule has 3 heteroatoms. The number of aldehydes is 1. The van der Waals surface area contributed by atoms with E-state index in [9.17, 15) is 4.79 Å². The molecule has 1 atom stereocenters. The zero-order valence-electron chi connectivity index (χ0n) is 9.12. The lowest BCUT2D eigenvalue weighted by atomic mass is 9.81. The maximum atomic E-state index is 11.1. The summed E-state index contributed by atoms with van der Waals surface area (Å²) in [6.07, 6.45) is 1.01. The second-order valence-electron chi connectivity index (χ2n) is 4.57. The minimum atomic E-state index is -0.170. The highest BCUT2D eigenvalue weighted by atomic mass is 35.5. The van der Waals surface area contributed by atoms with E-state index < -0.39 is 0 Å². The third kappa shape index (κ3) is 1.36. The number of carbonyl (C=O) groups is 1. The van der Waals surface area contributed by atoms with Gasteiger partial charge in [0.25, 0.3) is 0 Å². The van der Waals surface area contributed by atoms with Crippen LogP contribution < -0.4 is 4.90 Å². The van der Waals surface area contributed by atoms with E-state index in [1.54, 1.807) is 0 Å². The second-order valence-corrected chi connectivity index (χ2v) is 5.01. The molecule has 0 N–H and O–H groups in total. The molecule has 2 nitrogen and oxygen atoms in total. The van der Waals surface area contributed by atoms with E-state index in [2.05, 4.69) is 13.8 Å². The van der Waals surface area contributed by atoms with E-state index in [1.165, 1.54) is 0 Å². The van der Waals surface area contributed by atoms with Gasteiger partial charge in [-0.3, -0.25) is 0 Å². The molecule has 15 heavy (non-hydrogen) atoms. The number of fused-ring (bicyclic) bond motifs is 1. The van der Waals surface area contributed by atoms with Crippen LogP contribution in [0.3, 0.4) is 0 Å². The average Bonchev–Trinajstić information content (AvgIpc) is 2.35. The maximum Gasteiger partial charge on any atom is 0.143 e.